The summed E-state index contributed by atoms with van der Waals surface area (Å²) in [5.74, 6) is 1.57. The smallest absolute Gasteiger partial charge is 0.202 e. The van der Waals surface area contributed by atoms with Crippen LogP contribution in [0, 0.1) is 0 Å². The Bertz CT molecular complexity index is 524. The van der Waals surface area contributed by atoms with E-state index in [1.54, 1.807) is 0 Å². The van der Waals surface area contributed by atoms with E-state index in [2.05, 4.69) is 20.6 Å². The fourth-order valence-electron chi connectivity index (χ4n) is 1.90. The minimum Gasteiger partial charge on any atom is -0.356 e. The highest BCUT2D eigenvalue weighted by Gasteiger charge is 2.14. The van der Waals surface area contributed by atoms with Crippen LogP contribution in [0.4, 0.5) is 0 Å². The summed E-state index contributed by atoms with van der Waals surface area (Å²) in [5.41, 5.74) is 1.13. The molecule has 0 saturated carbocycles. The molecule has 5 nitrogen and oxygen atoms in total. The average molecular weight is 294 g/mol. The van der Waals surface area contributed by atoms with Crippen molar-refractivity contribution in [2.75, 3.05) is 20.6 Å². The lowest BCUT2D eigenvalue weighted by Crippen LogP contribution is -2.49. The Morgan fingerprint density at radius 2 is 2.05 bits per heavy atom. The van der Waals surface area contributed by atoms with E-state index < -0.39 is 0 Å². The maximum absolute atomic E-state index is 6.13. The first-order valence-corrected chi connectivity index (χ1v) is 7.01. The molecule has 0 bridgehead atoms. The van der Waals surface area contributed by atoms with Gasteiger partial charge in [-0.25, -0.2) is 9.98 Å². The van der Waals surface area contributed by atoms with Crippen LogP contribution in [0.25, 0.3) is 0 Å². The van der Waals surface area contributed by atoms with Crippen LogP contribution in [0.15, 0.2) is 34.3 Å². The van der Waals surface area contributed by atoms with Crippen LogP contribution in [-0.2, 0) is 6.42 Å². The molecule has 1 unspecified atom stereocenters. The molecule has 1 aliphatic heterocycles. The number of nitrogens with zero attached hydrogens (tertiary/aromatic N) is 3. The van der Waals surface area contributed by atoms with Gasteiger partial charge in [-0.05, 0) is 25.0 Å². The zero-order chi connectivity index (χ0) is 14.5. The molecule has 1 aromatic rings. The summed E-state index contributed by atoms with van der Waals surface area (Å²) in [7, 11) is 3.90. The SMILES string of the molecule is CC1N=C(NCCc2ccccc2Cl)NC(N(C)C)=N1. The van der Waals surface area contributed by atoms with Gasteiger partial charge in [-0.2, -0.15) is 0 Å². The molecule has 1 atom stereocenters. The fraction of sp³-hybridized carbons (Fsp3) is 0.429. The molecule has 2 N–H and O–H groups in total. The third-order valence-electron chi connectivity index (χ3n) is 2.92. The Labute approximate surface area is 124 Å². The van der Waals surface area contributed by atoms with Gasteiger partial charge in [0.05, 0.1) is 0 Å². The quantitative estimate of drug-likeness (QED) is 0.892. The van der Waals surface area contributed by atoms with Crippen LogP contribution in [0.1, 0.15) is 12.5 Å². The van der Waals surface area contributed by atoms with E-state index in [1.165, 1.54) is 0 Å². The van der Waals surface area contributed by atoms with Crippen molar-refractivity contribution in [2.24, 2.45) is 9.98 Å². The van der Waals surface area contributed by atoms with Crippen LogP contribution < -0.4 is 10.6 Å². The summed E-state index contributed by atoms with van der Waals surface area (Å²) >= 11 is 6.13. The monoisotopic (exact) mass is 293 g/mol. The maximum atomic E-state index is 6.13. The Hall–Kier alpha value is -1.75. The minimum atomic E-state index is -0.0727. The Balaban J connectivity index is 1.87. The standard InChI is InChI=1S/C14H20ClN5/c1-10-17-13(19-14(18-10)20(2)3)16-9-8-11-6-4-5-7-12(11)15/h4-7,10H,8-9H2,1-3H3,(H2,16,17,18,19). The number of nitrogens with one attached hydrogen (secondary N) is 2. The molecule has 1 heterocycles. The van der Waals surface area contributed by atoms with Gasteiger partial charge in [-0.15, -0.1) is 0 Å². The van der Waals surface area contributed by atoms with Gasteiger partial charge in [-0.3, -0.25) is 5.32 Å². The molecule has 0 amide bonds. The number of hydrogen-bond donors (Lipinski definition) is 2. The Morgan fingerprint density at radius 3 is 2.75 bits per heavy atom. The minimum absolute atomic E-state index is 0.0727. The predicted octanol–water partition coefficient (Wildman–Crippen LogP) is 1.69. The summed E-state index contributed by atoms with van der Waals surface area (Å²) in [5, 5.41) is 7.25. The highest BCUT2D eigenvalue weighted by Crippen LogP contribution is 2.14. The Morgan fingerprint density at radius 1 is 1.30 bits per heavy atom. The van der Waals surface area contributed by atoms with Crippen LogP contribution >= 0.6 is 11.6 Å². The lowest BCUT2D eigenvalue weighted by molar-refractivity contribution is 0.578. The molecule has 0 aliphatic carbocycles. The first kappa shape index (κ1) is 14.7. The van der Waals surface area contributed by atoms with Gasteiger partial charge < -0.3 is 10.2 Å². The third-order valence-corrected chi connectivity index (χ3v) is 3.29. The number of benzene rings is 1. The van der Waals surface area contributed by atoms with E-state index in [9.17, 15) is 0 Å². The maximum Gasteiger partial charge on any atom is 0.202 e. The molecule has 0 fully saturated rings. The van der Waals surface area contributed by atoms with Crippen LogP contribution in [-0.4, -0.2) is 43.6 Å². The first-order chi connectivity index (χ1) is 9.56. The molecule has 1 aliphatic rings. The number of guanidine groups is 2. The predicted molar refractivity (Wildman–Crippen MR) is 84.3 cm³/mol. The zero-order valence-electron chi connectivity index (χ0n) is 12.0. The van der Waals surface area contributed by atoms with Crippen molar-refractivity contribution < 1.29 is 0 Å². The largest absolute Gasteiger partial charge is 0.356 e. The lowest BCUT2D eigenvalue weighted by atomic mass is 10.1. The van der Waals surface area contributed by atoms with Gasteiger partial charge in [0.1, 0.15) is 6.17 Å². The molecule has 20 heavy (non-hydrogen) atoms. The van der Waals surface area contributed by atoms with Gasteiger partial charge in [0.15, 0.2) is 5.96 Å². The zero-order valence-corrected chi connectivity index (χ0v) is 12.8. The summed E-state index contributed by atoms with van der Waals surface area (Å²) < 4.78 is 0. The van der Waals surface area contributed by atoms with Crippen molar-refractivity contribution >= 4 is 23.5 Å². The van der Waals surface area contributed by atoms with E-state index in [1.807, 2.05) is 50.2 Å². The highest BCUT2D eigenvalue weighted by atomic mass is 35.5. The molecule has 0 radical (unpaired) electrons. The molecule has 6 heteroatoms. The molecule has 2 rings (SSSR count). The molecular weight excluding hydrogens is 274 g/mol. The van der Waals surface area contributed by atoms with Crippen molar-refractivity contribution in [3.63, 3.8) is 0 Å². The summed E-state index contributed by atoms with van der Waals surface area (Å²) in [4.78, 5) is 10.7. The fourth-order valence-corrected chi connectivity index (χ4v) is 2.13. The van der Waals surface area contributed by atoms with Gasteiger partial charge in [0.25, 0.3) is 0 Å². The summed E-state index contributed by atoms with van der Waals surface area (Å²) in [6.07, 6.45) is 0.778. The van der Waals surface area contributed by atoms with Gasteiger partial charge in [0, 0.05) is 25.7 Å². The van der Waals surface area contributed by atoms with Crippen molar-refractivity contribution in [2.45, 2.75) is 19.5 Å². The van der Waals surface area contributed by atoms with Crippen molar-refractivity contribution in [3.8, 4) is 0 Å². The molecule has 0 spiro atoms. The van der Waals surface area contributed by atoms with Crippen molar-refractivity contribution in [1.29, 1.82) is 0 Å². The first-order valence-electron chi connectivity index (χ1n) is 6.63. The van der Waals surface area contributed by atoms with E-state index in [4.69, 9.17) is 11.6 Å². The molecule has 108 valence electrons. The molecule has 0 aromatic heterocycles. The topological polar surface area (TPSA) is 52.0 Å². The summed E-state index contributed by atoms with van der Waals surface area (Å²) in [6, 6.07) is 7.88. The van der Waals surface area contributed by atoms with Crippen molar-refractivity contribution in [3.05, 3.63) is 34.9 Å². The average Bonchev–Trinajstić information content (AvgIpc) is 2.40. The number of hydrogen-bond acceptors (Lipinski definition) is 5. The van der Waals surface area contributed by atoms with E-state index in [0.717, 1.165) is 35.5 Å². The van der Waals surface area contributed by atoms with E-state index in [-0.39, 0.29) is 6.17 Å². The number of aliphatic imine (C=N–C) groups is 2. The van der Waals surface area contributed by atoms with Gasteiger partial charge >= 0.3 is 0 Å². The normalized spacial score (nSPS) is 17.9. The van der Waals surface area contributed by atoms with Gasteiger partial charge in [0.2, 0.25) is 5.96 Å². The highest BCUT2D eigenvalue weighted by molar-refractivity contribution is 6.31. The van der Waals surface area contributed by atoms with Gasteiger partial charge in [-0.1, -0.05) is 29.8 Å². The molecule has 0 saturated heterocycles. The van der Waals surface area contributed by atoms with Crippen LogP contribution in [0.5, 0.6) is 0 Å². The summed E-state index contributed by atoms with van der Waals surface area (Å²) in [6.45, 7) is 2.73. The molecule has 1 aromatic carbocycles. The van der Waals surface area contributed by atoms with Crippen LogP contribution in [0.2, 0.25) is 5.02 Å². The second-order valence-electron chi connectivity index (χ2n) is 4.85. The number of rotatable bonds is 3. The number of halogens is 1. The third kappa shape index (κ3) is 3.87. The lowest BCUT2D eigenvalue weighted by Gasteiger charge is -2.24. The van der Waals surface area contributed by atoms with E-state index in [0.29, 0.717) is 0 Å². The second kappa shape index (κ2) is 6.61. The molecular formula is C14H20ClN5. The van der Waals surface area contributed by atoms with Crippen LogP contribution in [0.3, 0.4) is 0 Å². The Kier molecular flexibility index (Phi) is 4.84. The van der Waals surface area contributed by atoms with E-state index >= 15 is 0 Å². The second-order valence-corrected chi connectivity index (χ2v) is 5.26. The van der Waals surface area contributed by atoms with Crippen molar-refractivity contribution in [1.82, 2.24) is 15.5 Å².